The summed E-state index contributed by atoms with van der Waals surface area (Å²) < 4.78 is 61.8. The Morgan fingerprint density at radius 2 is 1.82 bits per heavy atom. The van der Waals surface area contributed by atoms with Crippen molar-refractivity contribution in [2.75, 3.05) is 52.4 Å². The minimum atomic E-state index is -4.37. The number of carbonyl (C=O) groups excluding carboxylic acids is 1. The van der Waals surface area contributed by atoms with Gasteiger partial charge in [0, 0.05) is 51.0 Å². The third-order valence-electron chi connectivity index (χ3n) is 8.89. The van der Waals surface area contributed by atoms with Crippen molar-refractivity contribution in [1.82, 2.24) is 20.4 Å². The number of aromatic nitrogens is 2. The van der Waals surface area contributed by atoms with Crippen molar-refractivity contribution in [2.24, 2.45) is 0 Å². The number of methoxy groups -OCH3 is 2. The quantitative estimate of drug-likeness (QED) is 0.418. The van der Waals surface area contributed by atoms with Crippen molar-refractivity contribution < 1.29 is 36.9 Å². The second-order valence-corrected chi connectivity index (χ2v) is 11.7. The van der Waals surface area contributed by atoms with Crippen LogP contribution >= 0.6 is 0 Å². The van der Waals surface area contributed by atoms with Gasteiger partial charge in [-0.05, 0) is 63.1 Å². The number of likely N-dealkylation sites (tertiary alicyclic amines) is 1. The summed E-state index contributed by atoms with van der Waals surface area (Å²) in [5.41, 5.74) is 1.54. The average molecular weight is 622 g/mol. The van der Waals surface area contributed by atoms with E-state index in [1.54, 1.807) is 7.11 Å². The highest BCUT2D eigenvalue weighted by molar-refractivity contribution is 5.95. The van der Waals surface area contributed by atoms with E-state index in [-0.39, 0.29) is 41.8 Å². The van der Waals surface area contributed by atoms with Gasteiger partial charge in [-0.1, -0.05) is 12.1 Å². The molecule has 2 aromatic rings. The summed E-state index contributed by atoms with van der Waals surface area (Å²) in [5.74, 6) is 0.109. The van der Waals surface area contributed by atoms with Gasteiger partial charge in [0.15, 0.2) is 5.69 Å². The number of hydrogen-bond donors (Lipinski definition) is 2. The van der Waals surface area contributed by atoms with Gasteiger partial charge in [-0.2, -0.15) is 13.2 Å². The highest BCUT2D eigenvalue weighted by Crippen LogP contribution is 2.35. The van der Waals surface area contributed by atoms with Crippen molar-refractivity contribution in [3.05, 3.63) is 46.6 Å². The molecule has 0 aliphatic carbocycles. The number of alkyl halides is 3. The number of ether oxygens (including phenoxy) is 4. The highest BCUT2D eigenvalue weighted by Gasteiger charge is 2.33. The lowest BCUT2D eigenvalue weighted by molar-refractivity contribution is -0.137. The monoisotopic (exact) mass is 621 g/mol. The number of amides is 1. The smallest absolute Gasteiger partial charge is 0.416 e. The third-order valence-corrected chi connectivity index (χ3v) is 8.89. The molecule has 2 N–H and O–H groups in total. The van der Waals surface area contributed by atoms with Crippen molar-refractivity contribution in [3.8, 4) is 5.88 Å². The molecule has 1 aromatic carbocycles. The van der Waals surface area contributed by atoms with E-state index in [1.165, 1.54) is 19.2 Å². The number of carbonyl (C=O) groups is 1. The van der Waals surface area contributed by atoms with Crippen molar-refractivity contribution in [2.45, 2.75) is 82.0 Å². The molecule has 0 radical (unpaired) electrons. The molecule has 242 valence electrons. The van der Waals surface area contributed by atoms with E-state index in [0.717, 1.165) is 56.2 Å². The molecule has 5 rings (SSSR count). The van der Waals surface area contributed by atoms with Crippen LogP contribution in [0.2, 0.25) is 0 Å². The van der Waals surface area contributed by atoms with E-state index in [0.29, 0.717) is 50.1 Å². The third kappa shape index (κ3) is 7.61. The Balaban J connectivity index is 1.18. The van der Waals surface area contributed by atoms with Gasteiger partial charge in [0.25, 0.3) is 11.8 Å². The number of nitrogens with one attached hydrogen (secondary N) is 2. The molecule has 3 aliphatic heterocycles. The molecular weight excluding hydrogens is 579 g/mol. The molecule has 10 nitrogen and oxygen atoms in total. The van der Waals surface area contributed by atoms with Crippen molar-refractivity contribution in [1.29, 1.82) is 0 Å². The van der Waals surface area contributed by atoms with Crippen LogP contribution in [0.1, 0.15) is 71.8 Å². The minimum absolute atomic E-state index is 0.0289. The summed E-state index contributed by atoms with van der Waals surface area (Å²) in [5, 5.41) is 15.5. The van der Waals surface area contributed by atoms with E-state index in [2.05, 4.69) is 20.8 Å². The van der Waals surface area contributed by atoms with E-state index in [4.69, 9.17) is 18.9 Å². The number of anilines is 1. The van der Waals surface area contributed by atoms with Crippen LogP contribution in [-0.2, 0) is 20.4 Å². The Hall–Kier alpha value is -3.00. The number of hydrogen-bond acceptors (Lipinski definition) is 9. The maximum Gasteiger partial charge on any atom is 0.416 e. The van der Waals surface area contributed by atoms with Crippen molar-refractivity contribution in [3.63, 3.8) is 0 Å². The molecule has 3 saturated heterocycles. The van der Waals surface area contributed by atoms with Crippen LogP contribution in [0.15, 0.2) is 24.3 Å². The Labute approximate surface area is 256 Å². The number of benzene rings is 1. The van der Waals surface area contributed by atoms with E-state index in [1.807, 2.05) is 11.8 Å². The van der Waals surface area contributed by atoms with Gasteiger partial charge >= 0.3 is 6.18 Å². The molecule has 44 heavy (non-hydrogen) atoms. The normalized spacial score (nSPS) is 25.1. The Bertz CT molecular complexity index is 1260. The first-order chi connectivity index (χ1) is 21.2. The molecule has 0 bridgehead atoms. The molecule has 3 fully saturated rings. The summed E-state index contributed by atoms with van der Waals surface area (Å²) in [6.45, 7) is 4.75. The summed E-state index contributed by atoms with van der Waals surface area (Å²) in [6.07, 6.45) is 0.116. The van der Waals surface area contributed by atoms with Crippen LogP contribution in [0, 0.1) is 6.92 Å². The maximum absolute atomic E-state index is 13.6. The van der Waals surface area contributed by atoms with Crippen LogP contribution in [0.25, 0.3) is 0 Å². The first-order valence-corrected chi connectivity index (χ1v) is 15.3. The summed E-state index contributed by atoms with van der Waals surface area (Å²) >= 11 is 0. The molecule has 1 aromatic heterocycles. The van der Waals surface area contributed by atoms with E-state index >= 15 is 0 Å². The van der Waals surface area contributed by atoms with Crippen LogP contribution in [0.4, 0.5) is 18.9 Å². The molecule has 3 aliphatic rings. The Kier molecular flexibility index (Phi) is 10.6. The zero-order valence-corrected chi connectivity index (χ0v) is 25.5. The highest BCUT2D eigenvalue weighted by atomic mass is 19.4. The molecule has 0 spiro atoms. The minimum Gasteiger partial charge on any atom is -0.478 e. The molecule has 1 amide bonds. The number of nitrogens with zero attached hydrogens (tertiary/aromatic N) is 3. The average Bonchev–Trinajstić information content (AvgIpc) is 3.04. The van der Waals surface area contributed by atoms with Crippen LogP contribution in [0.5, 0.6) is 5.88 Å². The lowest BCUT2D eigenvalue weighted by atomic mass is 9.97. The lowest BCUT2D eigenvalue weighted by Crippen LogP contribution is -2.54. The summed E-state index contributed by atoms with van der Waals surface area (Å²) in [6, 6.07) is 5.70. The van der Waals surface area contributed by atoms with E-state index in [9.17, 15) is 18.0 Å². The summed E-state index contributed by atoms with van der Waals surface area (Å²) in [4.78, 5) is 15.4. The zero-order chi connectivity index (χ0) is 31.3. The van der Waals surface area contributed by atoms with Gasteiger partial charge in [0.05, 0.1) is 37.6 Å². The largest absolute Gasteiger partial charge is 0.478 e. The standard InChI is InChI=1S/C31H42F3N5O5/c1-19-27(35-17-23-5-4-6-25(44-23)20-7-9-21(10-8-20)31(32,33)34)29(42-3)38-37-28(19)30(40)39-14-11-22(12-15-39)36-24-13-16-43-18-26(24)41-2/h7-10,22-26,36H,4-6,11-18H2,1-3H3,(H,35,37)/t23-,24+,25+,26-/m1/s1. The molecule has 0 unspecified atom stereocenters. The molecular formula is C31H42F3N5O5. The van der Waals surface area contributed by atoms with E-state index < -0.39 is 11.7 Å². The number of rotatable bonds is 9. The van der Waals surface area contributed by atoms with Crippen molar-refractivity contribution >= 4 is 11.6 Å². The van der Waals surface area contributed by atoms with Gasteiger partial charge in [0.2, 0.25) is 0 Å². The first-order valence-electron chi connectivity index (χ1n) is 15.3. The topological polar surface area (TPSA) is 107 Å². The second-order valence-electron chi connectivity index (χ2n) is 11.7. The fourth-order valence-corrected chi connectivity index (χ4v) is 6.29. The first kappa shape index (κ1) is 32.4. The number of piperidine rings is 1. The van der Waals surface area contributed by atoms with Gasteiger partial charge in [0.1, 0.15) is 5.69 Å². The summed E-state index contributed by atoms with van der Waals surface area (Å²) in [7, 11) is 3.21. The lowest BCUT2D eigenvalue weighted by Gasteiger charge is -2.38. The van der Waals surface area contributed by atoms with Crippen LogP contribution < -0.4 is 15.4 Å². The van der Waals surface area contributed by atoms with Gasteiger partial charge in [-0.15, -0.1) is 10.2 Å². The van der Waals surface area contributed by atoms with Gasteiger partial charge in [-0.3, -0.25) is 4.79 Å². The van der Waals surface area contributed by atoms with Gasteiger partial charge < -0.3 is 34.5 Å². The fourth-order valence-electron chi connectivity index (χ4n) is 6.29. The number of halogens is 3. The molecule has 13 heteroatoms. The predicted octanol–water partition coefficient (Wildman–Crippen LogP) is 4.53. The van der Waals surface area contributed by atoms with Crippen LogP contribution in [-0.4, -0.2) is 92.4 Å². The second kappa shape index (κ2) is 14.4. The zero-order valence-electron chi connectivity index (χ0n) is 25.5. The molecule has 4 atom stereocenters. The fraction of sp³-hybridized carbons (Fsp3) is 0.645. The maximum atomic E-state index is 13.6. The predicted molar refractivity (Wildman–Crippen MR) is 157 cm³/mol. The van der Waals surface area contributed by atoms with Crippen LogP contribution in [0.3, 0.4) is 0 Å². The Morgan fingerprint density at radius 1 is 1.07 bits per heavy atom. The Morgan fingerprint density at radius 3 is 2.50 bits per heavy atom. The SMILES string of the molecule is COc1nnc(C(=O)N2CCC(N[C@H]3CCOC[C@H]3OC)CC2)c(C)c1NC[C@H]1CCC[C@@H](c2ccc(C(F)(F)F)cc2)O1. The van der Waals surface area contributed by atoms with Gasteiger partial charge in [-0.25, -0.2) is 0 Å². The molecule has 4 heterocycles. The molecule has 0 saturated carbocycles.